The molecule has 0 saturated carbocycles. The Morgan fingerprint density at radius 3 is 2.40 bits per heavy atom. The summed E-state index contributed by atoms with van der Waals surface area (Å²) in [6, 6.07) is 1.37. The van der Waals surface area contributed by atoms with Gasteiger partial charge in [-0.15, -0.1) is 0 Å². The van der Waals surface area contributed by atoms with Crippen LogP contribution in [0.15, 0.2) is 6.07 Å². The lowest BCUT2D eigenvalue weighted by atomic mass is 9.93. The van der Waals surface area contributed by atoms with Crippen molar-refractivity contribution in [3.8, 4) is 0 Å². The normalized spacial score (nSPS) is 17.2. The van der Waals surface area contributed by atoms with Crippen molar-refractivity contribution in [1.29, 1.82) is 0 Å². The van der Waals surface area contributed by atoms with E-state index in [1.165, 1.54) is 6.07 Å². The number of nitrogens with zero attached hydrogens (tertiary/aromatic N) is 2. The third kappa shape index (κ3) is 2.91. The van der Waals surface area contributed by atoms with Crippen LogP contribution in [0.25, 0.3) is 0 Å². The Morgan fingerprint density at radius 2 is 1.95 bits per heavy atom. The first kappa shape index (κ1) is 14.4. The van der Waals surface area contributed by atoms with Gasteiger partial charge >= 0.3 is 18.1 Å². The van der Waals surface area contributed by atoms with E-state index in [9.17, 15) is 22.8 Å². The minimum Gasteiger partial charge on any atom is -0.476 e. The number of H-pyrrole nitrogens is 1. The number of hydrogen-bond donors (Lipinski definition) is 2. The van der Waals surface area contributed by atoms with Crippen LogP contribution in [-0.4, -0.2) is 51.3 Å². The standard InChI is InChI=1S/C11H12F3N3O3/c12-11(13,14)10(20)17-3-1-6(2-4-17)7-5-8(9(18)19)16-15-7/h5-6H,1-4H2,(H,15,16)(H,18,19). The Labute approximate surface area is 111 Å². The van der Waals surface area contributed by atoms with E-state index < -0.39 is 18.1 Å². The largest absolute Gasteiger partial charge is 0.476 e. The Bertz CT molecular complexity index is 518. The molecule has 2 rings (SSSR count). The predicted molar refractivity (Wildman–Crippen MR) is 60.2 cm³/mol. The number of likely N-dealkylation sites (tertiary alicyclic amines) is 1. The number of piperidine rings is 1. The van der Waals surface area contributed by atoms with Gasteiger partial charge in [-0.05, 0) is 18.9 Å². The second kappa shape index (κ2) is 5.14. The van der Waals surface area contributed by atoms with Crippen LogP contribution in [0.2, 0.25) is 0 Å². The number of rotatable bonds is 2. The number of aromatic carboxylic acids is 1. The molecule has 1 amide bonds. The van der Waals surface area contributed by atoms with Crippen molar-refractivity contribution in [3.05, 3.63) is 17.5 Å². The summed E-state index contributed by atoms with van der Waals surface area (Å²) in [6.07, 6.45) is -4.18. The van der Waals surface area contributed by atoms with E-state index in [1.54, 1.807) is 0 Å². The highest BCUT2D eigenvalue weighted by Crippen LogP contribution is 2.29. The summed E-state index contributed by atoms with van der Waals surface area (Å²) < 4.78 is 36.8. The molecule has 0 radical (unpaired) electrons. The molecule has 1 fully saturated rings. The smallest absolute Gasteiger partial charge is 0.471 e. The lowest BCUT2D eigenvalue weighted by Crippen LogP contribution is -2.45. The highest BCUT2D eigenvalue weighted by atomic mass is 19.4. The van der Waals surface area contributed by atoms with Gasteiger partial charge in [0.2, 0.25) is 0 Å². The third-order valence-electron chi connectivity index (χ3n) is 3.28. The number of aromatic amines is 1. The molecule has 2 heterocycles. The summed E-state index contributed by atoms with van der Waals surface area (Å²) in [4.78, 5) is 22.5. The number of carboxylic acids is 1. The first-order valence-electron chi connectivity index (χ1n) is 5.93. The summed E-state index contributed by atoms with van der Waals surface area (Å²) >= 11 is 0. The number of carbonyl (C=O) groups is 2. The molecule has 110 valence electrons. The number of nitrogens with one attached hydrogen (secondary N) is 1. The van der Waals surface area contributed by atoms with Gasteiger partial charge in [-0.1, -0.05) is 0 Å². The van der Waals surface area contributed by atoms with Gasteiger partial charge < -0.3 is 10.0 Å². The molecule has 0 unspecified atom stereocenters. The lowest BCUT2D eigenvalue weighted by Gasteiger charge is -2.31. The molecule has 1 saturated heterocycles. The number of amides is 1. The van der Waals surface area contributed by atoms with Gasteiger partial charge in [0.05, 0.1) is 0 Å². The maximum atomic E-state index is 12.3. The molecule has 0 atom stereocenters. The van der Waals surface area contributed by atoms with Crippen LogP contribution >= 0.6 is 0 Å². The first-order valence-corrected chi connectivity index (χ1v) is 5.93. The highest BCUT2D eigenvalue weighted by Gasteiger charge is 2.43. The summed E-state index contributed by atoms with van der Waals surface area (Å²) in [5.41, 5.74) is 0.440. The monoisotopic (exact) mass is 291 g/mol. The van der Waals surface area contributed by atoms with Crippen molar-refractivity contribution in [1.82, 2.24) is 15.1 Å². The number of alkyl halides is 3. The summed E-state index contributed by atoms with van der Waals surface area (Å²) in [5, 5.41) is 14.9. The molecule has 0 aliphatic carbocycles. The van der Waals surface area contributed by atoms with Gasteiger partial charge in [-0.25, -0.2) is 4.79 Å². The predicted octanol–water partition coefficient (Wildman–Crippen LogP) is 1.38. The Morgan fingerprint density at radius 1 is 1.35 bits per heavy atom. The molecule has 1 aromatic rings. The minimum absolute atomic E-state index is 0.00949. The van der Waals surface area contributed by atoms with Crippen LogP contribution in [0, 0.1) is 0 Å². The molecule has 20 heavy (non-hydrogen) atoms. The van der Waals surface area contributed by atoms with Crippen LogP contribution in [0.1, 0.15) is 34.9 Å². The number of aromatic nitrogens is 2. The molecule has 1 aliphatic rings. The van der Waals surface area contributed by atoms with Gasteiger partial charge in [0, 0.05) is 24.7 Å². The zero-order valence-corrected chi connectivity index (χ0v) is 10.3. The Kier molecular flexibility index (Phi) is 3.69. The quantitative estimate of drug-likeness (QED) is 0.861. The molecular formula is C11H12F3N3O3. The number of carboxylic acid groups (broad SMARTS) is 1. The average Bonchev–Trinajstić information content (AvgIpc) is 2.86. The summed E-state index contributed by atoms with van der Waals surface area (Å²) in [5.74, 6) is -3.11. The minimum atomic E-state index is -4.85. The van der Waals surface area contributed by atoms with Crippen LogP contribution in [0.4, 0.5) is 13.2 Å². The topological polar surface area (TPSA) is 86.3 Å². The first-order chi connectivity index (χ1) is 9.29. The lowest BCUT2D eigenvalue weighted by molar-refractivity contribution is -0.186. The van der Waals surface area contributed by atoms with E-state index in [0.717, 1.165) is 4.90 Å². The fourth-order valence-corrected chi connectivity index (χ4v) is 2.23. The second-order valence-corrected chi connectivity index (χ2v) is 4.58. The zero-order chi connectivity index (χ0) is 14.9. The van der Waals surface area contributed by atoms with Crippen LogP contribution in [0.3, 0.4) is 0 Å². The van der Waals surface area contributed by atoms with Crippen molar-refractivity contribution < 1.29 is 27.9 Å². The maximum Gasteiger partial charge on any atom is 0.471 e. The van der Waals surface area contributed by atoms with Gasteiger partial charge in [-0.3, -0.25) is 9.89 Å². The van der Waals surface area contributed by atoms with E-state index in [1.807, 2.05) is 0 Å². The van der Waals surface area contributed by atoms with E-state index in [-0.39, 0.29) is 24.7 Å². The number of hydrogen-bond acceptors (Lipinski definition) is 3. The molecule has 0 spiro atoms. The average molecular weight is 291 g/mol. The SMILES string of the molecule is O=C(O)c1cc(C2CCN(C(=O)C(F)(F)F)CC2)[nH]n1. The summed E-state index contributed by atoms with van der Waals surface area (Å²) in [7, 11) is 0. The van der Waals surface area contributed by atoms with Gasteiger partial charge in [-0.2, -0.15) is 18.3 Å². The molecule has 1 aromatic heterocycles. The number of carbonyl (C=O) groups excluding carboxylic acids is 1. The van der Waals surface area contributed by atoms with E-state index in [2.05, 4.69) is 10.2 Å². The van der Waals surface area contributed by atoms with E-state index >= 15 is 0 Å². The molecule has 9 heteroatoms. The molecule has 6 nitrogen and oxygen atoms in total. The van der Waals surface area contributed by atoms with Crippen LogP contribution in [-0.2, 0) is 4.79 Å². The molecule has 0 bridgehead atoms. The van der Waals surface area contributed by atoms with Crippen LogP contribution in [0.5, 0.6) is 0 Å². The zero-order valence-electron chi connectivity index (χ0n) is 10.3. The van der Waals surface area contributed by atoms with Crippen molar-refractivity contribution in [2.45, 2.75) is 24.9 Å². The van der Waals surface area contributed by atoms with Crippen molar-refractivity contribution >= 4 is 11.9 Å². The Balaban J connectivity index is 1.97. The van der Waals surface area contributed by atoms with Gasteiger partial charge in [0.15, 0.2) is 5.69 Å². The highest BCUT2D eigenvalue weighted by molar-refractivity contribution is 5.85. The molecule has 1 aliphatic heterocycles. The second-order valence-electron chi connectivity index (χ2n) is 4.58. The van der Waals surface area contributed by atoms with E-state index in [0.29, 0.717) is 18.5 Å². The number of halogens is 3. The van der Waals surface area contributed by atoms with Crippen LogP contribution < -0.4 is 0 Å². The summed E-state index contributed by atoms with van der Waals surface area (Å²) in [6.45, 7) is -0.0190. The Hall–Kier alpha value is -2.06. The molecular weight excluding hydrogens is 279 g/mol. The van der Waals surface area contributed by atoms with Gasteiger partial charge in [0.1, 0.15) is 0 Å². The van der Waals surface area contributed by atoms with E-state index in [4.69, 9.17) is 5.11 Å². The molecule has 2 N–H and O–H groups in total. The van der Waals surface area contributed by atoms with Crippen molar-refractivity contribution in [2.75, 3.05) is 13.1 Å². The van der Waals surface area contributed by atoms with Gasteiger partial charge in [0.25, 0.3) is 0 Å². The molecule has 0 aromatic carbocycles. The fraction of sp³-hybridized carbons (Fsp3) is 0.545. The maximum absolute atomic E-state index is 12.3. The van der Waals surface area contributed by atoms with Crippen molar-refractivity contribution in [2.24, 2.45) is 0 Å². The third-order valence-corrected chi connectivity index (χ3v) is 3.28. The fourth-order valence-electron chi connectivity index (χ4n) is 2.23. The van der Waals surface area contributed by atoms with Crippen molar-refractivity contribution in [3.63, 3.8) is 0 Å².